The maximum absolute atomic E-state index is 12.4. The lowest BCUT2D eigenvalue weighted by Gasteiger charge is -2.03. The lowest BCUT2D eigenvalue weighted by atomic mass is 10.1. The van der Waals surface area contributed by atoms with Gasteiger partial charge in [0.2, 0.25) is 0 Å². The van der Waals surface area contributed by atoms with Crippen molar-refractivity contribution < 1.29 is 18.7 Å². The molecule has 6 nitrogen and oxygen atoms in total. The Morgan fingerprint density at radius 2 is 2.00 bits per heavy atom. The number of hydrogen-bond acceptors (Lipinski definition) is 6. The number of ether oxygens (including phenoxy) is 1. The Kier molecular flexibility index (Phi) is 5.41. The number of furan rings is 1. The van der Waals surface area contributed by atoms with E-state index in [0.717, 1.165) is 16.1 Å². The molecule has 0 unspecified atom stereocenters. The third-order valence-electron chi connectivity index (χ3n) is 4.15. The third kappa shape index (κ3) is 4.09. The molecular weight excluding hydrogens is 364 g/mol. The highest BCUT2D eigenvalue weighted by molar-refractivity contribution is 7.13. The number of aryl methyl sites for hydroxylation is 3. The molecule has 0 saturated heterocycles. The number of benzene rings is 1. The van der Waals surface area contributed by atoms with Gasteiger partial charge in [0.1, 0.15) is 27.8 Å². The van der Waals surface area contributed by atoms with E-state index < -0.39 is 5.97 Å². The summed E-state index contributed by atoms with van der Waals surface area (Å²) in [5.74, 6) is 0.172. The third-order valence-corrected chi connectivity index (χ3v) is 5.02. The first-order valence-electron chi connectivity index (χ1n) is 8.38. The number of hydrogen-bond donors (Lipinski definition) is 1. The van der Waals surface area contributed by atoms with Crippen LogP contribution in [0.4, 0.5) is 0 Å². The normalized spacial score (nSPS) is 10.7. The fourth-order valence-corrected chi connectivity index (χ4v) is 3.65. The molecule has 1 N–H and O–H groups in total. The lowest BCUT2D eigenvalue weighted by molar-refractivity contribution is 0.0598. The average Bonchev–Trinajstić information content (AvgIpc) is 3.26. The number of carbonyl (C=O) groups excluding carboxylic acids is 2. The van der Waals surface area contributed by atoms with Crippen molar-refractivity contribution in [3.05, 3.63) is 63.6 Å². The van der Waals surface area contributed by atoms with Crippen molar-refractivity contribution >= 4 is 23.2 Å². The van der Waals surface area contributed by atoms with Crippen LogP contribution < -0.4 is 5.32 Å². The Labute approximate surface area is 161 Å². The maximum atomic E-state index is 12.4. The standard InChI is InChI=1S/C20H20N2O4S/c1-11-5-6-15(12(2)7-11)19-22-17(10-27-19)18(23)21-9-14-8-16(13(3)26-14)20(24)25-4/h5-8,10H,9H2,1-4H3,(H,21,23). The fraction of sp³-hybridized carbons (Fsp3) is 0.250. The Bertz CT molecular complexity index is 1000. The second-order valence-corrected chi connectivity index (χ2v) is 7.07. The van der Waals surface area contributed by atoms with Gasteiger partial charge in [-0.3, -0.25) is 4.79 Å². The van der Waals surface area contributed by atoms with E-state index in [0.29, 0.717) is 22.8 Å². The van der Waals surface area contributed by atoms with Crippen molar-refractivity contribution in [2.45, 2.75) is 27.3 Å². The topological polar surface area (TPSA) is 81.4 Å². The molecule has 0 radical (unpaired) electrons. The first-order chi connectivity index (χ1) is 12.9. The number of carbonyl (C=O) groups is 2. The number of esters is 1. The summed E-state index contributed by atoms with van der Waals surface area (Å²) in [6.45, 7) is 5.91. The van der Waals surface area contributed by atoms with Gasteiger partial charge in [-0.25, -0.2) is 9.78 Å². The summed E-state index contributed by atoms with van der Waals surface area (Å²) in [5, 5.41) is 5.30. The van der Waals surface area contributed by atoms with Gasteiger partial charge < -0.3 is 14.5 Å². The van der Waals surface area contributed by atoms with Gasteiger partial charge in [-0.15, -0.1) is 11.3 Å². The number of amides is 1. The number of nitrogens with zero attached hydrogens (tertiary/aromatic N) is 1. The molecule has 0 bridgehead atoms. The van der Waals surface area contributed by atoms with Crippen LogP contribution in [-0.4, -0.2) is 24.0 Å². The van der Waals surface area contributed by atoms with Crippen LogP contribution in [0.15, 0.2) is 34.1 Å². The summed E-state index contributed by atoms with van der Waals surface area (Å²) >= 11 is 1.43. The number of methoxy groups -OCH3 is 1. The molecule has 3 rings (SSSR count). The average molecular weight is 384 g/mol. The number of aromatic nitrogens is 1. The molecule has 0 aliphatic rings. The number of nitrogens with one attached hydrogen (secondary N) is 1. The van der Waals surface area contributed by atoms with Crippen molar-refractivity contribution in [3.8, 4) is 10.6 Å². The van der Waals surface area contributed by atoms with E-state index in [1.807, 2.05) is 26.0 Å². The minimum absolute atomic E-state index is 0.160. The van der Waals surface area contributed by atoms with Crippen LogP contribution in [0.3, 0.4) is 0 Å². The first kappa shape index (κ1) is 18.8. The van der Waals surface area contributed by atoms with E-state index in [1.54, 1.807) is 18.4 Å². The summed E-state index contributed by atoms with van der Waals surface area (Å²) in [6.07, 6.45) is 0. The fourth-order valence-electron chi connectivity index (χ4n) is 2.76. The largest absolute Gasteiger partial charge is 0.465 e. The van der Waals surface area contributed by atoms with Crippen molar-refractivity contribution in [1.82, 2.24) is 10.3 Å². The Hall–Kier alpha value is -2.93. The Morgan fingerprint density at radius 3 is 2.70 bits per heavy atom. The molecular formula is C20H20N2O4S. The van der Waals surface area contributed by atoms with Crippen LogP contribution in [0.25, 0.3) is 10.6 Å². The van der Waals surface area contributed by atoms with Crippen LogP contribution in [0.5, 0.6) is 0 Å². The van der Waals surface area contributed by atoms with Gasteiger partial charge in [-0.2, -0.15) is 0 Å². The van der Waals surface area contributed by atoms with Crippen molar-refractivity contribution in [3.63, 3.8) is 0 Å². The molecule has 0 saturated carbocycles. The lowest BCUT2D eigenvalue weighted by Crippen LogP contribution is -2.22. The van der Waals surface area contributed by atoms with Crippen LogP contribution in [0, 0.1) is 20.8 Å². The molecule has 2 heterocycles. The highest BCUT2D eigenvalue weighted by atomic mass is 32.1. The number of thiazole rings is 1. The maximum Gasteiger partial charge on any atom is 0.341 e. The molecule has 0 fully saturated rings. The van der Waals surface area contributed by atoms with E-state index in [4.69, 9.17) is 9.15 Å². The van der Waals surface area contributed by atoms with Crippen molar-refractivity contribution in [2.24, 2.45) is 0 Å². The second kappa shape index (κ2) is 7.75. The second-order valence-electron chi connectivity index (χ2n) is 6.21. The van der Waals surface area contributed by atoms with Gasteiger partial charge in [-0.1, -0.05) is 23.8 Å². The van der Waals surface area contributed by atoms with Crippen LogP contribution in [-0.2, 0) is 11.3 Å². The van der Waals surface area contributed by atoms with Gasteiger partial charge >= 0.3 is 5.97 Å². The van der Waals surface area contributed by atoms with E-state index >= 15 is 0 Å². The van der Waals surface area contributed by atoms with Crippen molar-refractivity contribution in [1.29, 1.82) is 0 Å². The molecule has 0 aliphatic heterocycles. The van der Waals surface area contributed by atoms with Crippen LogP contribution >= 0.6 is 11.3 Å². The summed E-state index contributed by atoms with van der Waals surface area (Å²) in [5.41, 5.74) is 4.04. The molecule has 2 aromatic heterocycles. The van der Waals surface area contributed by atoms with Crippen molar-refractivity contribution in [2.75, 3.05) is 7.11 Å². The SMILES string of the molecule is COC(=O)c1cc(CNC(=O)c2csc(-c3ccc(C)cc3C)n2)oc1C. The summed E-state index contributed by atoms with van der Waals surface area (Å²) < 4.78 is 10.2. The molecule has 0 aliphatic carbocycles. The molecule has 0 atom stereocenters. The van der Waals surface area contributed by atoms with E-state index in [1.165, 1.54) is 24.0 Å². The molecule has 0 spiro atoms. The van der Waals surface area contributed by atoms with E-state index in [-0.39, 0.29) is 12.5 Å². The summed E-state index contributed by atoms with van der Waals surface area (Å²) in [7, 11) is 1.31. The first-order valence-corrected chi connectivity index (χ1v) is 9.26. The van der Waals surface area contributed by atoms with Gasteiger partial charge in [0.05, 0.1) is 13.7 Å². The van der Waals surface area contributed by atoms with Gasteiger partial charge in [0, 0.05) is 10.9 Å². The Morgan fingerprint density at radius 1 is 1.22 bits per heavy atom. The quantitative estimate of drug-likeness (QED) is 0.671. The highest BCUT2D eigenvalue weighted by Gasteiger charge is 2.17. The zero-order valence-corrected chi connectivity index (χ0v) is 16.4. The summed E-state index contributed by atoms with van der Waals surface area (Å²) in [6, 6.07) is 7.71. The highest BCUT2D eigenvalue weighted by Crippen LogP contribution is 2.27. The van der Waals surface area contributed by atoms with Crippen LogP contribution in [0.1, 0.15) is 43.5 Å². The van der Waals surface area contributed by atoms with Gasteiger partial charge in [-0.05, 0) is 32.4 Å². The zero-order valence-electron chi connectivity index (χ0n) is 15.6. The minimum atomic E-state index is -0.466. The molecule has 27 heavy (non-hydrogen) atoms. The summed E-state index contributed by atoms with van der Waals surface area (Å²) in [4.78, 5) is 28.4. The predicted molar refractivity (Wildman–Crippen MR) is 103 cm³/mol. The van der Waals surface area contributed by atoms with Crippen LogP contribution in [0.2, 0.25) is 0 Å². The van der Waals surface area contributed by atoms with Gasteiger partial charge in [0.15, 0.2) is 0 Å². The van der Waals surface area contributed by atoms with E-state index in [2.05, 4.69) is 16.4 Å². The monoisotopic (exact) mass is 384 g/mol. The minimum Gasteiger partial charge on any atom is -0.465 e. The number of rotatable bonds is 5. The predicted octanol–water partition coefficient (Wildman–Crippen LogP) is 4.04. The van der Waals surface area contributed by atoms with Gasteiger partial charge in [0.25, 0.3) is 5.91 Å². The smallest absolute Gasteiger partial charge is 0.341 e. The molecule has 3 aromatic rings. The molecule has 7 heteroatoms. The zero-order chi connectivity index (χ0) is 19.6. The molecule has 140 valence electrons. The Balaban J connectivity index is 1.69. The molecule has 1 amide bonds. The van der Waals surface area contributed by atoms with E-state index in [9.17, 15) is 9.59 Å². The molecule has 1 aromatic carbocycles.